The maximum Gasteiger partial charge on any atom is 0.243 e. The molecular weight excluding hydrogens is 238 g/mol. The molecule has 0 aliphatic heterocycles. The Bertz CT molecular complexity index is 562. The first-order valence-electron chi connectivity index (χ1n) is 7.06. The Labute approximate surface area is 113 Å². The molecule has 2 heterocycles. The lowest BCUT2D eigenvalue weighted by Crippen LogP contribution is -2.37. The van der Waals surface area contributed by atoms with Gasteiger partial charge in [-0.05, 0) is 43.9 Å². The van der Waals surface area contributed by atoms with Gasteiger partial charge in [-0.15, -0.1) is 5.10 Å². The number of rotatable bonds is 3. The van der Waals surface area contributed by atoms with E-state index < -0.39 is 0 Å². The summed E-state index contributed by atoms with van der Waals surface area (Å²) in [6.07, 6.45) is 6.86. The van der Waals surface area contributed by atoms with Gasteiger partial charge in [-0.1, -0.05) is 18.9 Å². The summed E-state index contributed by atoms with van der Waals surface area (Å²) in [4.78, 5) is 4.58. The lowest BCUT2D eigenvalue weighted by Gasteiger charge is -2.30. The Morgan fingerprint density at radius 2 is 2.26 bits per heavy atom. The van der Waals surface area contributed by atoms with Crippen LogP contribution in [0.4, 0.5) is 5.95 Å². The number of nitrogens with one attached hydrogen (secondary N) is 1. The molecule has 2 unspecified atom stereocenters. The van der Waals surface area contributed by atoms with E-state index in [4.69, 9.17) is 5.73 Å². The molecule has 3 rings (SSSR count). The van der Waals surface area contributed by atoms with Crippen LogP contribution >= 0.6 is 0 Å². The molecule has 1 aliphatic rings. The second-order valence-corrected chi connectivity index (χ2v) is 5.43. The lowest BCUT2D eigenvalue weighted by molar-refractivity contribution is 0.331. The summed E-state index contributed by atoms with van der Waals surface area (Å²) < 4.78 is 1.83. The molecule has 2 aromatic heterocycles. The van der Waals surface area contributed by atoms with Crippen LogP contribution in [0.5, 0.6) is 0 Å². The molecule has 2 aromatic rings. The number of anilines is 1. The zero-order valence-electron chi connectivity index (χ0n) is 11.3. The van der Waals surface area contributed by atoms with E-state index in [9.17, 15) is 0 Å². The Kier molecular flexibility index (Phi) is 3.38. The van der Waals surface area contributed by atoms with Crippen LogP contribution in [0.25, 0.3) is 5.65 Å². The van der Waals surface area contributed by atoms with Crippen molar-refractivity contribution in [1.29, 1.82) is 0 Å². The quantitative estimate of drug-likeness (QED) is 0.884. The highest BCUT2D eigenvalue weighted by molar-refractivity contribution is 5.50. The van der Waals surface area contributed by atoms with Crippen LogP contribution in [0.15, 0.2) is 18.3 Å². The van der Waals surface area contributed by atoms with Crippen molar-refractivity contribution >= 4 is 11.6 Å². The average molecular weight is 259 g/mol. The lowest BCUT2D eigenvalue weighted by atomic mass is 9.84. The third-order valence-corrected chi connectivity index (χ3v) is 4.08. The second kappa shape index (κ2) is 5.17. The molecule has 1 saturated carbocycles. The topological polar surface area (TPSA) is 68.2 Å². The first-order valence-corrected chi connectivity index (χ1v) is 7.06. The van der Waals surface area contributed by atoms with E-state index in [0.717, 1.165) is 30.1 Å². The monoisotopic (exact) mass is 259 g/mol. The van der Waals surface area contributed by atoms with Crippen molar-refractivity contribution in [2.75, 3.05) is 11.9 Å². The number of hydrogen-bond donors (Lipinski definition) is 2. The molecule has 0 bridgehead atoms. The highest BCUT2D eigenvalue weighted by atomic mass is 15.3. The predicted octanol–water partition coefficient (Wildman–Crippen LogP) is 1.97. The minimum absolute atomic E-state index is 0.413. The zero-order valence-corrected chi connectivity index (χ0v) is 11.3. The van der Waals surface area contributed by atoms with Gasteiger partial charge in [-0.2, -0.15) is 4.98 Å². The van der Waals surface area contributed by atoms with E-state index in [-0.39, 0.29) is 0 Å². The summed E-state index contributed by atoms with van der Waals surface area (Å²) in [6.45, 7) is 2.79. The van der Waals surface area contributed by atoms with Crippen molar-refractivity contribution in [3.05, 3.63) is 23.9 Å². The largest absolute Gasteiger partial charge is 0.350 e. The molecule has 0 amide bonds. The fourth-order valence-electron chi connectivity index (χ4n) is 2.95. The molecule has 102 valence electrons. The number of fused-ring (bicyclic) bond motifs is 1. The van der Waals surface area contributed by atoms with Crippen LogP contribution in [0.3, 0.4) is 0 Å². The SMILES string of the molecule is Cc1cccn2nc(NC3CCCCC3CN)nc12. The van der Waals surface area contributed by atoms with Gasteiger partial charge >= 0.3 is 0 Å². The van der Waals surface area contributed by atoms with Crippen LogP contribution in [0.1, 0.15) is 31.2 Å². The van der Waals surface area contributed by atoms with Crippen LogP contribution < -0.4 is 11.1 Å². The minimum atomic E-state index is 0.413. The number of pyridine rings is 1. The standard InChI is InChI=1S/C14H21N5/c1-10-5-4-8-19-13(10)17-14(18-19)16-12-7-3-2-6-11(12)9-15/h4-5,8,11-12H,2-3,6-7,9,15H2,1H3,(H,16,18). The summed E-state index contributed by atoms with van der Waals surface area (Å²) in [7, 11) is 0. The van der Waals surface area contributed by atoms with Crippen molar-refractivity contribution in [3.63, 3.8) is 0 Å². The van der Waals surface area contributed by atoms with Crippen LogP contribution in [-0.2, 0) is 0 Å². The molecule has 0 saturated heterocycles. The molecule has 1 fully saturated rings. The normalized spacial score (nSPS) is 23.7. The van der Waals surface area contributed by atoms with Crippen LogP contribution in [0.2, 0.25) is 0 Å². The van der Waals surface area contributed by atoms with Gasteiger partial charge in [-0.25, -0.2) is 4.52 Å². The maximum absolute atomic E-state index is 5.86. The van der Waals surface area contributed by atoms with Crippen molar-refractivity contribution in [2.45, 2.75) is 38.6 Å². The van der Waals surface area contributed by atoms with Crippen molar-refractivity contribution < 1.29 is 0 Å². The number of nitrogens with zero attached hydrogens (tertiary/aromatic N) is 3. The first-order chi connectivity index (χ1) is 9.28. The molecular formula is C14H21N5. The maximum atomic E-state index is 5.86. The van der Waals surface area contributed by atoms with Crippen molar-refractivity contribution in [3.8, 4) is 0 Å². The number of nitrogens with two attached hydrogens (primary N) is 1. The minimum Gasteiger partial charge on any atom is -0.350 e. The zero-order chi connectivity index (χ0) is 13.2. The van der Waals surface area contributed by atoms with Crippen molar-refractivity contribution in [1.82, 2.24) is 14.6 Å². The Balaban J connectivity index is 1.82. The Morgan fingerprint density at radius 3 is 3.05 bits per heavy atom. The number of aryl methyl sites for hydroxylation is 1. The summed E-state index contributed by atoms with van der Waals surface area (Å²) in [5.41, 5.74) is 7.92. The highest BCUT2D eigenvalue weighted by Gasteiger charge is 2.24. The van der Waals surface area contributed by atoms with Gasteiger partial charge in [0.2, 0.25) is 5.95 Å². The summed E-state index contributed by atoms with van der Waals surface area (Å²) in [5, 5.41) is 7.97. The molecule has 0 radical (unpaired) electrons. The van der Waals surface area contributed by atoms with E-state index in [1.807, 2.05) is 16.8 Å². The van der Waals surface area contributed by atoms with E-state index in [2.05, 4.69) is 28.4 Å². The van der Waals surface area contributed by atoms with E-state index in [0.29, 0.717) is 12.0 Å². The molecule has 3 N–H and O–H groups in total. The van der Waals surface area contributed by atoms with Crippen molar-refractivity contribution in [2.24, 2.45) is 11.7 Å². The third-order valence-electron chi connectivity index (χ3n) is 4.08. The summed E-state index contributed by atoms with van der Waals surface area (Å²) >= 11 is 0. The van der Waals surface area contributed by atoms with Gasteiger partial charge in [0.1, 0.15) is 0 Å². The van der Waals surface area contributed by atoms with E-state index in [1.165, 1.54) is 19.3 Å². The molecule has 5 heteroatoms. The Morgan fingerprint density at radius 1 is 1.42 bits per heavy atom. The average Bonchev–Trinajstić information content (AvgIpc) is 2.83. The van der Waals surface area contributed by atoms with E-state index in [1.54, 1.807) is 0 Å². The molecule has 0 aromatic carbocycles. The van der Waals surface area contributed by atoms with Gasteiger partial charge in [0.25, 0.3) is 0 Å². The van der Waals surface area contributed by atoms with Crippen LogP contribution in [-0.4, -0.2) is 27.2 Å². The molecule has 1 aliphatic carbocycles. The van der Waals surface area contributed by atoms with Gasteiger partial charge in [-0.3, -0.25) is 0 Å². The molecule has 5 nitrogen and oxygen atoms in total. The summed E-state index contributed by atoms with van der Waals surface area (Å²) in [5.74, 6) is 1.26. The Hall–Kier alpha value is -1.62. The van der Waals surface area contributed by atoms with Gasteiger partial charge in [0.05, 0.1) is 0 Å². The smallest absolute Gasteiger partial charge is 0.243 e. The summed E-state index contributed by atoms with van der Waals surface area (Å²) in [6, 6.07) is 4.46. The molecule has 0 spiro atoms. The fourth-order valence-corrected chi connectivity index (χ4v) is 2.95. The molecule has 2 atom stereocenters. The molecule has 19 heavy (non-hydrogen) atoms. The van der Waals surface area contributed by atoms with Crippen LogP contribution in [0, 0.1) is 12.8 Å². The predicted molar refractivity (Wildman–Crippen MR) is 76.1 cm³/mol. The highest BCUT2D eigenvalue weighted by Crippen LogP contribution is 2.26. The second-order valence-electron chi connectivity index (χ2n) is 5.43. The fraction of sp³-hybridized carbons (Fsp3) is 0.571. The first kappa shape index (κ1) is 12.4. The third kappa shape index (κ3) is 2.42. The van der Waals surface area contributed by atoms with Gasteiger partial charge in [0, 0.05) is 12.2 Å². The van der Waals surface area contributed by atoms with E-state index >= 15 is 0 Å². The van der Waals surface area contributed by atoms with Gasteiger partial charge in [0.15, 0.2) is 5.65 Å². The number of aromatic nitrogens is 3. The number of hydrogen-bond acceptors (Lipinski definition) is 4. The van der Waals surface area contributed by atoms with Gasteiger partial charge < -0.3 is 11.1 Å².